The van der Waals surface area contributed by atoms with Gasteiger partial charge in [0, 0.05) is 31.7 Å². The van der Waals surface area contributed by atoms with Crippen molar-refractivity contribution in [2.24, 2.45) is 4.99 Å². The summed E-state index contributed by atoms with van der Waals surface area (Å²) in [4.78, 5) is 9.10. The van der Waals surface area contributed by atoms with E-state index in [1.807, 2.05) is 13.8 Å². The number of hydrogen-bond acceptors (Lipinski definition) is 4. The maximum absolute atomic E-state index is 5.66. The van der Waals surface area contributed by atoms with E-state index in [0.717, 1.165) is 56.6 Å². The molecular weight excluding hydrogens is 352 g/mol. The molecule has 1 fully saturated rings. The summed E-state index contributed by atoms with van der Waals surface area (Å²) in [6.07, 6.45) is 2.00. The Bertz CT molecular complexity index is 787. The first kappa shape index (κ1) is 20.4. The van der Waals surface area contributed by atoms with Crippen LogP contribution in [0.2, 0.25) is 0 Å². The number of ether oxygens (including phenoxy) is 1. The molecule has 152 valence electrons. The maximum Gasteiger partial charge on any atom is 0.216 e. The smallest absolute Gasteiger partial charge is 0.216 e. The SMILES string of the molecule is CCNC(=NCc1nc(C)c(C)o1)NCC1(c2ccccc2C)CCOCC1. The lowest BCUT2D eigenvalue weighted by Gasteiger charge is -2.39. The minimum atomic E-state index is 0.0515. The minimum Gasteiger partial charge on any atom is -0.444 e. The number of aliphatic imine (C=N–C) groups is 1. The molecule has 0 aliphatic carbocycles. The Hall–Kier alpha value is -2.34. The van der Waals surface area contributed by atoms with Crippen molar-refractivity contribution < 1.29 is 9.15 Å². The predicted molar refractivity (Wildman–Crippen MR) is 112 cm³/mol. The summed E-state index contributed by atoms with van der Waals surface area (Å²) in [6.45, 7) is 11.8. The summed E-state index contributed by atoms with van der Waals surface area (Å²) >= 11 is 0. The zero-order chi connectivity index (χ0) is 20.0. The number of aromatic nitrogens is 1. The van der Waals surface area contributed by atoms with Gasteiger partial charge in [-0.15, -0.1) is 0 Å². The van der Waals surface area contributed by atoms with Crippen molar-refractivity contribution in [3.05, 3.63) is 52.7 Å². The highest BCUT2D eigenvalue weighted by molar-refractivity contribution is 5.79. The van der Waals surface area contributed by atoms with Crippen molar-refractivity contribution >= 4 is 5.96 Å². The molecule has 0 spiro atoms. The largest absolute Gasteiger partial charge is 0.444 e. The average Bonchev–Trinajstić information content (AvgIpc) is 3.02. The predicted octanol–water partition coefficient (Wildman–Crippen LogP) is 3.40. The van der Waals surface area contributed by atoms with Gasteiger partial charge in [0.1, 0.15) is 12.3 Å². The number of benzene rings is 1. The number of aryl methyl sites for hydroxylation is 3. The topological polar surface area (TPSA) is 71.7 Å². The van der Waals surface area contributed by atoms with E-state index in [2.05, 4.69) is 58.7 Å². The summed E-state index contributed by atoms with van der Waals surface area (Å²) in [7, 11) is 0. The van der Waals surface area contributed by atoms with Gasteiger partial charge in [0.05, 0.1) is 5.69 Å². The van der Waals surface area contributed by atoms with Crippen LogP contribution in [0.15, 0.2) is 33.7 Å². The van der Waals surface area contributed by atoms with Gasteiger partial charge in [-0.3, -0.25) is 0 Å². The van der Waals surface area contributed by atoms with Gasteiger partial charge in [-0.25, -0.2) is 9.98 Å². The second-order valence-corrected chi connectivity index (χ2v) is 7.51. The standard InChI is InChI=1S/C22H32N4O2/c1-5-23-21(24-14-20-26-17(3)18(4)28-20)25-15-22(10-12-27-13-11-22)19-9-7-6-8-16(19)2/h6-9H,5,10-15H2,1-4H3,(H2,23,24,25). The van der Waals surface area contributed by atoms with Gasteiger partial charge in [-0.05, 0) is 51.7 Å². The van der Waals surface area contributed by atoms with Crippen LogP contribution in [0.25, 0.3) is 0 Å². The average molecular weight is 385 g/mol. The molecule has 1 aromatic carbocycles. The second-order valence-electron chi connectivity index (χ2n) is 7.51. The molecule has 0 bridgehead atoms. The Balaban J connectivity index is 1.75. The number of oxazole rings is 1. The molecule has 0 saturated carbocycles. The Morgan fingerprint density at radius 2 is 1.89 bits per heavy atom. The number of nitrogens with one attached hydrogen (secondary N) is 2. The Morgan fingerprint density at radius 3 is 2.54 bits per heavy atom. The van der Waals surface area contributed by atoms with Gasteiger partial charge < -0.3 is 19.8 Å². The summed E-state index contributed by atoms with van der Waals surface area (Å²) < 4.78 is 11.3. The molecule has 6 nitrogen and oxygen atoms in total. The van der Waals surface area contributed by atoms with Crippen LogP contribution >= 0.6 is 0 Å². The number of nitrogens with zero attached hydrogens (tertiary/aromatic N) is 2. The fraction of sp³-hybridized carbons (Fsp3) is 0.545. The number of rotatable bonds is 6. The highest BCUT2D eigenvalue weighted by atomic mass is 16.5. The van der Waals surface area contributed by atoms with Crippen molar-refractivity contribution in [1.29, 1.82) is 0 Å². The van der Waals surface area contributed by atoms with E-state index in [-0.39, 0.29) is 5.41 Å². The van der Waals surface area contributed by atoms with Crippen LogP contribution in [0.3, 0.4) is 0 Å². The van der Waals surface area contributed by atoms with E-state index in [1.54, 1.807) is 0 Å². The lowest BCUT2D eigenvalue weighted by atomic mass is 9.72. The van der Waals surface area contributed by atoms with Crippen molar-refractivity contribution in [3.63, 3.8) is 0 Å². The second kappa shape index (κ2) is 9.24. The summed E-state index contributed by atoms with van der Waals surface area (Å²) in [5, 5.41) is 6.90. The van der Waals surface area contributed by atoms with Gasteiger partial charge in [0.25, 0.3) is 0 Å². The molecule has 1 saturated heterocycles. The molecule has 3 rings (SSSR count). The fourth-order valence-corrected chi connectivity index (χ4v) is 3.82. The van der Waals surface area contributed by atoms with Crippen LogP contribution in [-0.4, -0.2) is 37.2 Å². The van der Waals surface area contributed by atoms with E-state index < -0.39 is 0 Å². The van der Waals surface area contributed by atoms with Gasteiger partial charge in [-0.2, -0.15) is 0 Å². The van der Waals surface area contributed by atoms with Crippen molar-refractivity contribution in [1.82, 2.24) is 15.6 Å². The van der Waals surface area contributed by atoms with Crippen LogP contribution < -0.4 is 10.6 Å². The quantitative estimate of drug-likeness (QED) is 0.590. The summed E-state index contributed by atoms with van der Waals surface area (Å²) in [5.74, 6) is 2.28. The zero-order valence-electron chi connectivity index (χ0n) is 17.5. The van der Waals surface area contributed by atoms with Gasteiger partial charge in [0.15, 0.2) is 5.96 Å². The Kier molecular flexibility index (Phi) is 6.73. The molecule has 1 aliphatic rings. The van der Waals surface area contributed by atoms with Crippen LogP contribution in [0, 0.1) is 20.8 Å². The molecule has 1 aliphatic heterocycles. The lowest BCUT2D eigenvalue weighted by molar-refractivity contribution is 0.0512. The maximum atomic E-state index is 5.66. The van der Waals surface area contributed by atoms with E-state index in [4.69, 9.17) is 9.15 Å². The van der Waals surface area contributed by atoms with Gasteiger partial charge in [0.2, 0.25) is 5.89 Å². The first-order valence-corrected chi connectivity index (χ1v) is 10.1. The van der Waals surface area contributed by atoms with Crippen LogP contribution in [-0.2, 0) is 16.7 Å². The molecule has 6 heteroatoms. The first-order chi connectivity index (χ1) is 13.5. The lowest BCUT2D eigenvalue weighted by Crippen LogP contribution is -2.48. The first-order valence-electron chi connectivity index (χ1n) is 10.1. The minimum absolute atomic E-state index is 0.0515. The van der Waals surface area contributed by atoms with Crippen LogP contribution in [0.5, 0.6) is 0 Å². The third-order valence-corrected chi connectivity index (χ3v) is 5.55. The normalized spacial score (nSPS) is 16.8. The molecule has 0 amide bonds. The van der Waals surface area contributed by atoms with Gasteiger partial charge in [-0.1, -0.05) is 24.3 Å². The number of hydrogen-bond donors (Lipinski definition) is 2. The van der Waals surface area contributed by atoms with Crippen LogP contribution in [0.1, 0.15) is 48.2 Å². The van der Waals surface area contributed by atoms with E-state index >= 15 is 0 Å². The molecule has 1 aromatic heterocycles. The molecule has 2 N–H and O–H groups in total. The molecule has 0 unspecified atom stereocenters. The molecule has 0 radical (unpaired) electrons. The molecule has 0 atom stereocenters. The van der Waals surface area contributed by atoms with E-state index in [0.29, 0.717) is 12.4 Å². The van der Waals surface area contributed by atoms with Crippen molar-refractivity contribution in [2.75, 3.05) is 26.3 Å². The highest BCUT2D eigenvalue weighted by Gasteiger charge is 2.35. The molecule has 2 aromatic rings. The molecule has 28 heavy (non-hydrogen) atoms. The van der Waals surface area contributed by atoms with Crippen molar-refractivity contribution in [3.8, 4) is 0 Å². The summed E-state index contributed by atoms with van der Waals surface area (Å²) in [5.41, 5.74) is 3.71. The zero-order valence-corrected chi connectivity index (χ0v) is 17.5. The van der Waals surface area contributed by atoms with Crippen molar-refractivity contribution in [2.45, 2.75) is 52.5 Å². The summed E-state index contributed by atoms with van der Waals surface area (Å²) in [6, 6.07) is 8.68. The monoisotopic (exact) mass is 384 g/mol. The number of guanidine groups is 1. The third kappa shape index (κ3) is 4.73. The highest BCUT2D eigenvalue weighted by Crippen LogP contribution is 2.36. The van der Waals surface area contributed by atoms with E-state index in [1.165, 1.54) is 11.1 Å². The van der Waals surface area contributed by atoms with Crippen LogP contribution in [0.4, 0.5) is 0 Å². The Morgan fingerprint density at radius 1 is 1.14 bits per heavy atom. The third-order valence-electron chi connectivity index (χ3n) is 5.55. The Labute approximate surface area is 167 Å². The van der Waals surface area contributed by atoms with Gasteiger partial charge >= 0.3 is 0 Å². The molecule has 2 heterocycles. The van der Waals surface area contributed by atoms with E-state index in [9.17, 15) is 0 Å². The molecular formula is C22H32N4O2. The fourth-order valence-electron chi connectivity index (χ4n) is 3.82.